The molecule has 33 heavy (non-hydrogen) atoms. The van der Waals surface area contributed by atoms with Crippen LogP contribution in [0.25, 0.3) is 16.9 Å². The van der Waals surface area contributed by atoms with E-state index < -0.39 is 5.60 Å². The molecule has 0 spiro atoms. The highest BCUT2D eigenvalue weighted by Gasteiger charge is 2.32. The summed E-state index contributed by atoms with van der Waals surface area (Å²) >= 11 is 6.22. The van der Waals surface area contributed by atoms with Crippen molar-refractivity contribution < 1.29 is 9.53 Å². The molecular formula is C23H30ClN7O2. The number of nitrogens with zero attached hydrogens (tertiary/aromatic N) is 7. The fourth-order valence-corrected chi connectivity index (χ4v) is 4.20. The van der Waals surface area contributed by atoms with Crippen molar-refractivity contribution in [3.05, 3.63) is 35.9 Å². The van der Waals surface area contributed by atoms with Gasteiger partial charge in [0.2, 0.25) is 0 Å². The minimum atomic E-state index is -0.520. The van der Waals surface area contributed by atoms with Gasteiger partial charge in [0.15, 0.2) is 5.65 Å². The number of hydrogen-bond donors (Lipinski definition) is 0. The van der Waals surface area contributed by atoms with Crippen LogP contribution in [-0.2, 0) is 4.74 Å². The van der Waals surface area contributed by atoms with Gasteiger partial charge in [-0.25, -0.2) is 19.7 Å². The van der Waals surface area contributed by atoms with Gasteiger partial charge >= 0.3 is 6.09 Å². The topological polar surface area (TPSA) is 79.6 Å². The van der Waals surface area contributed by atoms with Crippen LogP contribution < -0.4 is 9.80 Å². The molecule has 1 atom stereocenters. The van der Waals surface area contributed by atoms with Crippen LogP contribution in [0, 0.1) is 0 Å². The summed E-state index contributed by atoms with van der Waals surface area (Å²) in [6.07, 6.45) is 4.97. The first-order valence-corrected chi connectivity index (χ1v) is 11.3. The van der Waals surface area contributed by atoms with E-state index in [0.29, 0.717) is 30.5 Å². The lowest BCUT2D eigenvalue weighted by Gasteiger charge is -2.41. The highest BCUT2D eigenvalue weighted by Crippen LogP contribution is 2.36. The SMILES string of the molecule is CC1CN(C(=O)OC(C)(C)C)CCN1c1ncnc2c1c(N(C)C)cn2-c1cc(Cl)ccn1. The molecule has 0 radical (unpaired) electrons. The lowest BCUT2D eigenvalue weighted by atomic mass is 10.1. The molecule has 10 heteroatoms. The second kappa shape index (κ2) is 8.70. The number of anilines is 2. The van der Waals surface area contributed by atoms with Gasteiger partial charge in [-0.2, -0.15) is 0 Å². The van der Waals surface area contributed by atoms with Crippen LogP contribution in [0.2, 0.25) is 5.02 Å². The molecule has 1 saturated heterocycles. The van der Waals surface area contributed by atoms with E-state index in [2.05, 4.69) is 26.8 Å². The molecule has 0 bridgehead atoms. The Balaban J connectivity index is 1.71. The summed E-state index contributed by atoms with van der Waals surface area (Å²) in [5.41, 5.74) is 1.21. The molecule has 0 N–H and O–H groups in total. The number of carbonyl (C=O) groups excluding carboxylic acids is 1. The molecule has 1 aliphatic heterocycles. The van der Waals surface area contributed by atoms with Gasteiger partial charge in [-0.3, -0.25) is 4.57 Å². The predicted molar refractivity (Wildman–Crippen MR) is 131 cm³/mol. The number of rotatable bonds is 3. The van der Waals surface area contributed by atoms with Crippen molar-refractivity contribution in [2.75, 3.05) is 43.5 Å². The summed E-state index contributed by atoms with van der Waals surface area (Å²) in [5, 5.41) is 1.54. The largest absolute Gasteiger partial charge is 0.444 e. The van der Waals surface area contributed by atoms with Crippen molar-refractivity contribution in [3.8, 4) is 5.82 Å². The van der Waals surface area contributed by atoms with E-state index in [1.807, 2.05) is 56.6 Å². The minimum Gasteiger partial charge on any atom is -0.444 e. The average Bonchev–Trinajstić information content (AvgIpc) is 3.13. The van der Waals surface area contributed by atoms with Crippen LogP contribution in [0.1, 0.15) is 27.7 Å². The first-order valence-electron chi connectivity index (χ1n) is 10.9. The molecule has 3 aromatic heterocycles. The van der Waals surface area contributed by atoms with Crippen LogP contribution in [-0.4, -0.2) is 75.9 Å². The highest BCUT2D eigenvalue weighted by atomic mass is 35.5. The Morgan fingerprint density at radius 3 is 2.61 bits per heavy atom. The van der Waals surface area contributed by atoms with E-state index in [1.54, 1.807) is 23.5 Å². The molecule has 0 saturated carbocycles. The second-order valence-electron chi connectivity index (χ2n) is 9.48. The zero-order valence-corrected chi connectivity index (χ0v) is 20.7. The smallest absolute Gasteiger partial charge is 0.410 e. The monoisotopic (exact) mass is 471 g/mol. The van der Waals surface area contributed by atoms with Crippen LogP contribution in [0.15, 0.2) is 30.9 Å². The van der Waals surface area contributed by atoms with E-state index in [4.69, 9.17) is 16.3 Å². The molecule has 3 aromatic rings. The molecule has 4 rings (SSSR count). The van der Waals surface area contributed by atoms with Gasteiger partial charge in [-0.1, -0.05) is 11.6 Å². The van der Waals surface area contributed by atoms with E-state index in [9.17, 15) is 4.79 Å². The van der Waals surface area contributed by atoms with Crippen molar-refractivity contribution in [1.82, 2.24) is 24.4 Å². The van der Waals surface area contributed by atoms with Crippen LogP contribution in [0.5, 0.6) is 0 Å². The number of fused-ring (bicyclic) bond motifs is 1. The third-order valence-corrected chi connectivity index (χ3v) is 5.77. The maximum Gasteiger partial charge on any atom is 0.410 e. The number of aromatic nitrogens is 4. The van der Waals surface area contributed by atoms with E-state index >= 15 is 0 Å². The van der Waals surface area contributed by atoms with Gasteiger partial charge in [0.05, 0.1) is 11.1 Å². The zero-order chi connectivity index (χ0) is 23.9. The molecule has 0 aromatic carbocycles. The Labute approximate surface area is 198 Å². The van der Waals surface area contributed by atoms with Crippen molar-refractivity contribution in [2.24, 2.45) is 0 Å². The molecule has 0 aliphatic carbocycles. The van der Waals surface area contributed by atoms with Crippen LogP contribution in [0.4, 0.5) is 16.3 Å². The maximum absolute atomic E-state index is 12.6. The normalized spacial score (nSPS) is 16.9. The number of pyridine rings is 1. The van der Waals surface area contributed by atoms with E-state index in [0.717, 1.165) is 22.5 Å². The predicted octanol–water partition coefficient (Wildman–Crippen LogP) is 3.98. The lowest BCUT2D eigenvalue weighted by molar-refractivity contribution is 0.0218. The molecular weight excluding hydrogens is 442 g/mol. The van der Waals surface area contributed by atoms with E-state index in [1.165, 1.54) is 0 Å². The van der Waals surface area contributed by atoms with Gasteiger partial charge in [0, 0.05) is 63.3 Å². The summed E-state index contributed by atoms with van der Waals surface area (Å²) < 4.78 is 7.50. The van der Waals surface area contributed by atoms with Gasteiger partial charge in [0.1, 0.15) is 23.6 Å². The Hall–Kier alpha value is -3.07. The number of amides is 1. The summed E-state index contributed by atoms with van der Waals surface area (Å²) in [5.74, 6) is 1.52. The standard InChI is InChI=1S/C23H30ClN7O2/c1-15-12-29(22(32)33-23(2,3)4)9-10-30(15)20-19-17(28(5)6)13-31(21(19)27-14-26-20)18-11-16(24)7-8-25-18/h7-8,11,13-15H,9-10,12H2,1-6H3. The lowest BCUT2D eigenvalue weighted by Crippen LogP contribution is -2.54. The number of piperazine rings is 1. The molecule has 4 heterocycles. The average molecular weight is 472 g/mol. The van der Waals surface area contributed by atoms with Gasteiger partial charge in [-0.15, -0.1) is 0 Å². The van der Waals surface area contributed by atoms with Gasteiger partial charge in [0.25, 0.3) is 0 Å². The molecule has 1 unspecified atom stereocenters. The van der Waals surface area contributed by atoms with Crippen LogP contribution >= 0.6 is 11.6 Å². The van der Waals surface area contributed by atoms with Crippen molar-refractivity contribution in [1.29, 1.82) is 0 Å². The summed E-state index contributed by atoms with van der Waals surface area (Å²) in [6.45, 7) is 9.47. The Morgan fingerprint density at radius 2 is 1.97 bits per heavy atom. The highest BCUT2D eigenvalue weighted by molar-refractivity contribution is 6.30. The maximum atomic E-state index is 12.6. The molecule has 1 fully saturated rings. The van der Waals surface area contributed by atoms with Crippen molar-refractivity contribution >= 4 is 40.2 Å². The number of carbonyl (C=O) groups is 1. The number of hydrogen-bond acceptors (Lipinski definition) is 7. The molecule has 176 valence electrons. The number of halogens is 1. The first-order chi connectivity index (χ1) is 15.5. The molecule has 1 aliphatic rings. The second-order valence-corrected chi connectivity index (χ2v) is 9.91. The molecule has 1 amide bonds. The third kappa shape index (κ3) is 4.68. The fourth-order valence-electron chi connectivity index (χ4n) is 4.05. The molecule has 9 nitrogen and oxygen atoms in total. The fraction of sp³-hybridized carbons (Fsp3) is 0.478. The van der Waals surface area contributed by atoms with Crippen molar-refractivity contribution in [2.45, 2.75) is 39.3 Å². The first kappa shape index (κ1) is 23.1. The quantitative estimate of drug-likeness (QED) is 0.571. The van der Waals surface area contributed by atoms with E-state index in [-0.39, 0.29) is 12.1 Å². The number of ether oxygens (including phenoxy) is 1. The summed E-state index contributed by atoms with van der Waals surface area (Å²) in [6, 6.07) is 3.60. The van der Waals surface area contributed by atoms with Gasteiger partial charge < -0.3 is 19.4 Å². The van der Waals surface area contributed by atoms with Crippen molar-refractivity contribution in [3.63, 3.8) is 0 Å². The Morgan fingerprint density at radius 1 is 1.21 bits per heavy atom. The van der Waals surface area contributed by atoms with Crippen LogP contribution in [0.3, 0.4) is 0 Å². The Kier molecular flexibility index (Phi) is 6.09. The third-order valence-electron chi connectivity index (χ3n) is 5.53. The van der Waals surface area contributed by atoms with Gasteiger partial charge in [-0.05, 0) is 33.8 Å². The summed E-state index contributed by atoms with van der Waals surface area (Å²) in [7, 11) is 3.98. The summed E-state index contributed by atoms with van der Waals surface area (Å²) in [4.78, 5) is 32.3. The minimum absolute atomic E-state index is 0.0482. The zero-order valence-electron chi connectivity index (χ0n) is 19.9. The Bertz CT molecular complexity index is 1170.